The summed E-state index contributed by atoms with van der Waals surface area (Å²) in [5.41, 5.74) is 0.513. The van der Waals surface area contributed by atoms with E-state index in [1.807, 2.05) is 22.6 Å². The van der Waals surface area contributed by atoms with E-state index >= 15 is 0 Å². The van der Waals surface area contributed by atoms with Crippen molar-refractivity contribution in [2.75, 3.05) is 29.4 Å². The Bertz CT molecular complexity index is 1330. The molecular formula is C16H26IN6O14P3. The average molecular weight is 746 g/mol. The number of carbonyl (C=O) groups is 1. The zero-order valence-electron chi connectivity index (χ0n) is 20.2. The highest BCUT2D eigenvalue weighted by Gasteiger charge is 2.47. The number of anilines is 1. The van der Waals surface area contributed by atoms with Crippen LogP contribution in [0.2, 0.25) is 0 Å². The van der Waals surface area contributed by atoms with Crippen molar-refractivity contribution in [1.82, 2.24) is 24.8 Å². The molecule has 0 aliphatic carbocycles. The molecule has 40 heavy (non-hydrogen) atoms. The molecule has 1 aliphatic rings. The van der Waals surface area contributed by atoms with E-state index in [0.717, 1.165) is 6.42 Å². The van der Waals surface area contributed by atoms with Gasteiger partial charge in [0.2, 0.25) is 5.91 Å². The van der Waals surface area contributed by atoms with Gasteiger partial charge in [-0.3, -0.25) is 13.9 Å². The predicted octanol–water partition coefficient (Wildman–Crippen LogP) is -0.468. The van der Waals surface area contributed by atoms with Gasteiger partial charge in [-0.05, 0) is 12.8 Å². The molecule has 0 spiro atoms. The van der Waals surface area contributed by atoms with Gasteiger partial charge < -0.3 is 45.2 Å². The minimum atomic E-state index is -5.73. The average Bonchev–Trinajstić information content (AvgIpc) is 3.39. The maximum atomic E-state index is 12.0. The van der Waals surface area contributed by atoms with E-state index in [1.165, 1.54) is 17.2 Å². The Balaban J connectivity index is 1.61. The first-order valence-electron chi connectivity index (χ1n) is 11.2. The molecule has 0 aromatic carbocycles. The number of phosphoric acid groups is 3. The number of nitrogens with one attached hydrogen (secondary N) is 2. The van der Waals surface area contributed by atoms with Gasteiger partial charge in [0.05, 0.1) is 17.4 Å². The van der Waals surface area contributed by atoms with Crippen molar-refractivity contribution in [2.45, 2.75) is 37.4 Å². The van der Waals surface area contributed by atoms with E-state index in [0.29, 0.717) is 35.3 Å². The smallest absolute Gasteiger partial charge is 0.387 e. The molecule has 8 N–H and O–H groups in total. The molecular weight excluding hydrogens is 720 g/mol. The summed E-state index contributed by atoms with van der Waals surface area (Å²) in [5.74, 6) is 0.326. The Hall–Kier alpha value is -1.16. The number of unbranched alkanes of at least 4 members (excludes halogenated alkanes) is 1. The number of rotatable bonds is 15. The summed E-state index contributed by atoms with van der Waals surface area (Å²) in [4.78, 5) is 59.8. The van der Waals surface area contributed by atoms with E-state index in [-0.39, 0.29) is 11.6 Å². The summed E-state index contributed by atoms with van der Waals surface area (Å²) < 4.78 is 53.1. The van der Waals surface area contributed by atoms with Gasteiger partial charge in [0.1, 0.15) is 24.6 Å². The van der Waals surface area contributed by atoms with Crippen LogP contribution in [-0.2, 0) is 36.4 Å². The first-order chi connectivity index (χ1) is 18.6. The summed E-state index contributed by atoms with van der Waals surface area (Å²) >= 11 is 1.97. The summed E-state index contributed by atoms with van der Waals surface area (Å²) in [7, 11) is -16.8. The Labute approximate surface area is 239 Å². The van der Waals surface area contributed by atoms with Gasteiger partial charge in [-0.25, -0.2) is 28.6 Å². The number of hydrogen-bond donors (Lipinski definition) is 8. The lowest BCUT2D eigenvalue weighted by Crippen LogP contribution is -2.33. The van der Waals surface area contributed by atoms with Crippen LogP contribution in [0.15, 0.2) is 12.7 Å². The van der Waals surface area contributed by atoms with Crippen LogP contribution in [0.25, 0.3) is 11.2 Å². The highest BCUT2D eigenvalue weighted by atomic mass is 127. The minimum Gasteiger partial charge on any atom is -0.387 e. The zero-order chi connectivity index (χ0) is 29.7. The van der Waals surface area contributed by atoms with Gasteiger partial charge in [0.15, 0.2) is 23.2 Å². The monoisotopic (exact) mass is 746 g/mol. The van der Waals surface area contributed by atoms with Gasteiger partial charge in [0.25, 0.3) is 0 Å². The van der Waals surface area contributed by atoms with Crippen molar-refractivity contribution < 1.29 is 66.2 Å². The molecule has 0 bridgehead atoms. The number of halogens is 1. The van der Waals surface area contributed by atoms with Crippen LogP contribution in [-0.4, -0.2) is 97.6 Å². The number of hydrogen-bond acceptors (Lipinski definition) is 14. The van der Waals surface area contributed by atoms with E-state index in [9.17, 15) is 38.5 Å². The van der Waals surface area contributed by atoms with Crippen LogP contribution in [0.3, 0.4) is 0 Å². The lowest BCUT2D eigenvalue weighted by molar-refractivity contribution is -0.118. The molecule has 3 heterocycles. The molecule has 1 aliphatic heterocycles. The van der Waals surface area contributed by atoms with Gasteiger partial charge in [-0.15, -0.1) is 0 Å². The number of alkyl halides is 1. The number of aliphatic hydroxyl groups excluding tert-OH is 2. The van der Waals surface area contributed by atoms with E-state index < -0.39 is 54.6 Å². The highest BCUT2D eigenvalue weighted by molar-refractivity contribution is 14.1. The summed E-state index contributed by atoms with van der Waals surface area (Å²) in [5, 5.41) is 26.8. The molecule has 1 amide bonds. The topological polar surface area (TPSA) is 294 Å². The van der Waals surface area contributed by atoms with Crippen molar-refractivity contribution in [3.63, 3.8) is 0 Å². The maximum Gasteiger partial charge on any atom is 0.490 e. The highest BCUT2D eigenvalue weighted by Crippen LogP contribution is 2.66. The van der Waals surface area contributed by atoms with E-state index in [1.54, 1.807) is 0 Å². The SMILES string of the molecule is O=C(CI)NCCCCNc1ncnc2c1ncn2C1OC(COP(=O)(O)OP(=O)(O)OP(=O)(O)O)C(O)C1O. The normalized spacial score (nSPS) is 24.5. The second-order valence-corrected chi connectivity index (χ2v) is 13.3. The maximum absolute atomic E-state index is 12.0. The molecule has 20 nitrogen and oxygen atoms in total. The Kier molecular flexibility index (Phi) is 11.6. The van der Waals surface area contributed by atoms with Crippen LogP contribution < -0.4 is 10.6 Å². The third-order valence-corrected chi connectivity index (χ3v) is 9.62. The molecule has 0 radical (unpaired) electrons. The van der Waals surface area contributed by atoms with Crippen LogP contribution in [0, 0.1) is 0 Å². The molecule has 3 rings (SSSR count). The molecule has 1 fully saturated rings. The number of imidazole rings is 1. The van der Waals surface area contributed by atoms with Gasteiger partial charge >= 0.3 is 23.5 Å². The van der Waals surface area contributed by atoms with Crippen molar-refractivity contribution in [1.29, 1.82) is 0 Å². The number of amides is 1. The molecule has 2 aromatic heterocycles. The fourth-order valence-electron chi connectivity index (χ4n) is 3.47. The third-order valence-electron chi connectivity index (χ3n) is 5.13. The standard InChI is InChI=1S/C16H26IN6O14P3/c17-5-10(24)18-3-1-2-4-19-14-11-15(21-7-20-14)23(8-22-11)16-13(26)12(25)9(35-16)6-34-39(30,31)37-40(32,33)36-38(27,28)29/h7-9,12-13,16,25-26H,1-6H2,(H,18,24)(H,30,31)(H,32,33)(H,19,20,21)(H2,27,28,29). The number of phosphoric ester groups is 1. The first-order valence-corrected chi connectivity index (χ1v) is 17.2. The second kappa shape index (κ2) is 13.9. The number of nitrogens with zero attached hydrogens (tertiary/aromatic N) is 4. The molecule has 6 atom stereocenters. The first kappa shape index (κ1) is 33.3. The predicted molar refractivity (Wildman–Crippen MR) is 141 cm³/mol. The number of ether oxygens (including phenoxy) is 1. The van der Waals surface area contributed by atoms with Crippen LogP contribution in [0.1, 0.15) is 19.1 Å². The lowest BCUT2D eigenvalue weighted by atomic mass is 10.1. The molecule has 24 heteroatoms. The van der Waals surface area contributed by atoms with Crippen molar-refractivity contribution in [2.24, 2.45) is 0 Å². The Morgan fingerprint density at radius 1 is 1.02 bits per heavy atom. The van der Waals surface area contributed by atoms with E-state index in [4.69, 9.17) is 14.5 Å². The van der Waals surface area contributed by atoms with Gasteiger partial charge in [-0.1, -0.05) is 22.6 Å². The second-order valence-electron chi connectivity index (χ2n) is 8.10. The van der Waals surface area contributed by atoms with Gasteiger partial charge in [0, 0.05) is 13.1 Å². The molecule has 6 unspecified atom stereocenters. The summed E-state index contributed by atoms with van der Waals surface area (Å²) in [6.07, 6.45) is -2.17. The van der Waals surface area contributed by atoms with Crippen LogP contribution >= 0.6 is 46.1 Å². The number of carbonyl (C=O) groups excluding carboxylic acids is 1. The van der Waals surface area contributed by atoms with Crippen LogP contribution in [0.4, 0.5) is 5.82 Å². The quantitative estimate of drug-likeness (QED) is 0.0495. The lowest BCUT2D eigenvalue weighted by Gasteiger charge is -2.19. The molecule has 1 saturated heterocycles. The molecule has 0 saturated carbocycles. The Morgan fingerprint density at radius 2 is 1.73 bits per heavy atom. The largest absolute Gasteiger partial charge is 0.490 e. The summed E-state index contributed by atoms with van der Waals surface area (Å²) in [6, 6.07) is 0. The number of aromatic nitrogens is 4. The van der Waals surface area contributed by atoms with Crippen molar-refractivity contribution in [3.05, 3.63) is 12.7 Å². The van der Waals surface area contributed by atoms with E-state index in [2.05, 4.69) is 38.7 Å². The molecule has 226 valence electrons. The number of fused-ring (bicyclic) bond motifs is 1. The fraction of sp³-hybridized carbons (Fsp3) is 0.625. The van der Waals surface area contributed by atoms with Gasteiger partial charge in [-0.2, -0.15) is 8.62 Å². The summed E-state index contributed by atoms with van der Waals surface area (Å²) in [6.45, 7) is 0.0634. The Morgan fingerprint density at radius 3 is 2.40 bits per heavy atom. The molecule has 2 aromatic rings. The number of aliphatic hydroxyl groups is 2. The zero-order valence-corrected chi connectivity index (χ0v) is 25.0. The van der Waals surface area contributed by atoms with Crippen molar-refractivity contribution in [3.8, 4) is 0 Å². The van der Waals surface area contributed by atoms with Crippen LogP contribution in [0.5, 0.6) is 0 Å². The third kappa shape index (κ3) is 9.43. The minimum absolute atomic E-state index is 0.0469. The fourth-order valence-corrected chi connectivity index (χ4v) is 6.77. The van der Waals surface area contributed by atoms with Crippen molar-refractivity contribution >= 4 is 68.9 Å².